The van der Waals surface area contributed by atoms with Crippen LogP contribution in [0.15, 0.2) is 24.4 Å². The molecule has 1 unspecified atom stereocenters. The van der Waals surface area contributed by atoms with Gasteiger partial charge < -0.3 is 14.4 Å². The highest BCUT2D eigenvalue weighted by Gasteiger charge is 2.16. The summed E-state index contributed by atoms with van der Waals surface area (Å²) in [6.07, 6.45) is 1.84. The average molecular weight is 337 g/mol. The summed E-state index contributed by atoms with van der Waals surface area (Å²) < 4.78 is 11.3. The Hall–Kier alpha value is -1.49. The molecule has 20 heavy (non-hydrogen) atoms. The monoisotopic (exact) mass is 336 g/mol. The summed E-state index contributed by atoms with van der Waals surface area (Å²) in [5, 5.41) is 2.21. The Balaban J connectivity index is 2.08. The number of aromatic nitrogens is 1. The van der Waals surface area contributed by atoms with E-state index < -0.39 is 0 Å². The second-order valence-corrected chi connectivity index (χ2v) is 6.58. The molecule has 1 aliphatic heterocycles. The highest BCUT2D eigenvalue weighted by Crippen LogP contribution is 2.37. The van der Waals surface area contributed by atoms with Gasteiger partial charge in [0, 0.05) is 30.0 Å². The van der Waals surface area contributed by atoms with E-state index in [4.69, 9.17) is 9.47 Å². The molecule has 0 fully saturated rings. The van der Waals surface area contributed by atoms with Crippen LogP contribution in [0.2, 0.25) is 0 Å². The van der Waals surface area contributed by atoms with Gasteiger partial charge in [-0.2, -0.15) is 0 Å². The molecule has 3 rings (SSSR count). The molecule has 0 radical (unpaired) electrons. The smallest absolute Gasteiger partial charge is 0.162 e. The molecule has 1 aromatic carbocycles. The summed E-state index contributed by atoms with van der Waals surface area (Å²) in [5.74, 6) is 2.58. The van der Waals surface area contributed by atoms with Crippen LogP contribution in [-0.2, 0) is 0 Å². The van der Waals surface area contributed by atoms with Gasteiger partial charge in [0.2, 0.25) is 0 Å². The van der Waals surface area contributed by atoms with Crippen LogP contribution < -0.4 is 14.4 Å². The third kappa shape index (κ3) is 2.54. The van der Waals surface area contributed by atoms with Crippen molar-refractivity contribution in [1.29, 1.82) is 0 Å². The van der Waals surface area contributed by atoms with Crippen molar-refractivity contribution in [3.05, 3.63) is 24.4 Å². The molecule has 2 aromatic rings. The van der Waals surface area contributed by atoms with Crippen LogP contribution in [0.1, 0.15) is 6.92 Å². The molecule has 106 valence electrons. The van der Waals surface area contributed by atoms with Gasteiger partial charge in [0.1, 0.15) is 19.0 Å². The Bertz CT molecular complexity index is 631. The van der Waals surface area contributed by atoms with Gasteiger partial charge in [0.25, 0.3) is 0 Å². The number of alkyl halides is 1. The lowest BCUT2D eigenvalue weighted by Gasteiger charge is -2.23. The molecule has 0 N–H and O–H groups in total. The topological polar surface area (TPSA) is 34.6 Å². The third-order valence-electron chi connectivity index (χ3n) is 3.29. The van der Waals surface area contributed by atoms with E-state index in [1.807, 2.05) is 24.4 Å². The number of nitrogens with zero attached hydrogens (tertiary/aromatic N) is 2. The second kappa shape index (κ2) is 5.48. The average Bonchev–Trinajstić information content (AvgIpc) is 2.43. The van der Waals surface area contributed by atoms with Crippen molar-refractivity contribution in [2.45, 2.75) is 11.8 Å². The van der Waals surface area contributed by atoms with Crippen LogP contribution in [0.3, 0.4) is 0 Å². The molecule has 0 saturated carbocycles. The normalized spacial score (nSPS) is 15.2. The van der Waals surface area contributed by atoms with E-state index in [0.29, 0.717) is 18.0 Å². The molecule has 0 aliphatic carbocycles. The van der Waals surface area contributed by atoms with Crippen molar-refractivity contribution in [3.8, 4) is 11.5 Å². The summed E-state index contributed by atoms with van der Waals surface area (Å²) in [4.78, 5) is 7.07. The zero-order valence-corrected chi connectivity index (χ0v) is 13.2. The minimum atomic E-state index is 0.404. The first-order valence-electron chi connectivity index (χ1n) is 6.68. The van der Waals surface area contributed by atoms with Crippen molar-refractivity contribution in [3.63, 3.8) is 0 Å². The highest BCUT2D eigenvalue weighted by atomic mass is 79.9. The van der Waals surface area contributed by atoms with Gasteiger partial charge in [-0.15, -0.1) is 0 Å². The Morgan fingerprint density at radius 1 is 1.30 bits per heavy atom. The largest absolute Gasteiger partial charge is 0.486 e. The van der Waals surface area contributed by atoms with Gasteiger partial charge in [-0.3, -0.25) is 0 Å². The summed E-state index contributed by atoms with van der Waals surface area (Å²) in [5.41, 5.74) is 0. The quantitative estimate of drug-likeness (QED) is 0.806. The van der Waals surface area contributed by atoms with Crippen LogP contribution in [0.25, 0.3) is 10.8 Å². The number of hydrogen-bond donors (Lipinski definition) is 0. The van der Waals surface area contributed by atoms with Gasteiger partial charge in [0.05, 0.1) is 0 Å². The number of anilines is 1. The number of pyridine rings is 1. The maximum Gasteiger partial charge on any atom is 0.162 e. The van der Waals surface area contributed by atoms with E-state index >= 15 is 0 Å². The first-order valence-corrected chi connectivity index (χ1v) is 7.60. The summed E-state index contributed by atoms with van der Waals surface area (Å²) >= 11 is 3.58. The summed E-state index contributed by atoms with van der Waals surface area (Å²) in [6, 6.07) is 6.06. The fourth-order valence-electron chi connectivity index (χ4n) is 2.46. The third-order valence-corrected chi connectivity index (χ3v) is 3.58. The number of rotatable bonds is 3. The predicted octanol–water partition coefficient (Wildman–Crippen LogP) is 3.23. The SMILES string of the molecule is CC(Br)CN(C)c1nccc2cc3c(cc12)OCCO3. The van der Waals surface area contributed by atoms with Crippen LogP contribution >= 0.6 is 15.9 Å². The molecule has 1 atom stereocenters. The molecular weight excluding hydrogens is 320 g/mol. The zero-order chi connectivity index (χ0) is 14.1. The number of ether oxygens (including phenoxy) is 2. The molecule has 1 aromatic heterocycles. The number of halogens is 1. The highest BCUT2D eigenvalue weighted by molar-refractivity contribution is 9.09. The fraction of sp³-hybridized carbons (Fsp3) is 0.400. The number of fused-ring (bicyclic) bond motifs is 2. The van der Waals surface area contributed by atoms with E-state index in [2.05, 4.69) is 39.8 Å². The van der Waals surface area contributed by atoms with Gasteiger partial charge in [-0.1, -0.05) is 22.9 Å². The lowest BCUT2D eigenvalue weighted by atomic mass is 10.1. The van der Waals surface area contributed by atoms with E-state index in [9.17, 15) is 0 Å². The standard InChI is InChI=1S/C15H17BrN2O2/c1-10(16)9-18(2)15-12-8-14-13(19-5-6-20-14)7-11(12)3-4-17-15/h3-4,7-8,10H,5-6,9H2,1-2H3. The molecule has 0 bridgehead atoms. The van der Waals surface area contributed by atoms with E-state index in [0.717, 1.165) is 34.6 Å². The van der Waals surface area contributed by atoms with Crippen LogP contribution in [-0.4, -0.2) is 36.6 Å². The van der Waals surface area contributed by atoms with E-state index in [1.54, 1.807) is 0 Å². The minimum absolute atomic E-state index is 0.404. The van der Waals surface area contributed by atoms with Gasteiger partial charge in [-0.25, -0.2) is 4.98 Å². The minimum Gasteiger partial charge on any atom is -0.486 e. The molecule has 0 amide bonds. The van der Waals surface area contributed by atoms with Crippen LogP contribution in [0.5, 0.6) is 11.5 Å². The Morgan fingerprint density at radius 3 is 2.70 bits per heavy atom. The molecule has 2 heterocycles. The Kier molecular flexibility index (Phi) is 3.70. The maximum absolute atomic E-state index is 5.67. The second-order valence-electron chi connectivity index (χ2n) is 5.01. The Morgan fingerprint density at radius 2 is 2.00 bits per heavy atom. The lowest BCUT2D eigenvalue weighted by molar-refractivity contribution is 0.172. The first kappa shape index (κ1) is 13.5. The molecule has 0 saturated heterocycles. The number of benzene rings is 1. The van der Waals surface area contributed by atoms with Gasteiger partial charge in [-0.05, 0) is 23.6 Å². The van der Waals surface area contributed by atoms with E-state index in [1.165, 1.54) is 0 Å². The van der Waals surface area contributed by atoms with Crippen molar-refractivity contribution in [2.24, 2.45) is 0 Å². The lowest BCUT2D eigenvalue weighted by Crippen LogP contribution is -2.25. The van der Waals surface area contributed by atoms with Gasteiger partial charge >= 0.3 is 0 Å². The first-order chi connectivity index (χ1) is 9.65. The van der Waals surface area contributed by atoms with Gasteiger partial charge in [0.15, 0.2) is 11.5 Å². The fourth-order valence-corrected chi connectivity index (χ4v) is 2.90. The molecule has 0 spiro atoms. The van der Waals surface area contributed by atoms with Crippen molar-refractivity contribution in [1.82, 2.24) is 4.98 Å². The predicted molar refractivity (Wildman–Crippen MR) is 84.4 cm³/mol. The zero-order valence-electron chi connectivity index (χ0n) is 11.6. The van der Waals surface area contributed by atoms with Crippen LogP contribution in [0.4, 0.5) is 5.82 Å². The molecule has 4 nitrogen and oxygen atoms in total. The van der Waals surface area contributed by atoms with Crippen molar-refractivity contribution < 1.29 is 9.47 Å². The number of hydrogen-bond acceptors (Lipinski definition) is 4. The molecule has 5 heteroatoms. The molecular formula is C15H17BrN2O2. The van der Waals surface area contributed by atoms with Crippen molar-refractivity contribution in [2.75, 3.05) is 31.7 Å². The summed E-state index contributed by atoms with van der Waals surface area (Å²) in [7, 11) is 2.05. The maximum atomic E-state index is 5.67. The summed E-state index contributed by atoms with van der Waals surface area (Å²) in [6.45, 7) is 4.22. The van der Waals surface area contributed by atoms with Crippen LogP contribution in [0, 0.1) is 0 Å². The van der Waals surface area contributed by atoms with Crippen molar-refractivity contribution >= 4 is 32.5 Å². The molecule has 1 aliphatic rings. The van der Waals surface area contributed by atoms with E-state index in [-0.39, 0.29) is 0 Å². The Labute approximate surface area is 126 Å².